The fourth-order valence-corrected chi connectivity index (χ4v) is 5.72. The number of Topliss-reactive ketones (excluding diaryl/α,β-unsaturated/α-hetero) is 1. The fourth-order valence-electron chi connectivity index (χ4n) is 4.35. The summed E-state index contributed by atoms with van der Waals surface area (Å²) in [5.41, 5.74) is 1.39. The van der Waals surface area contributed by atoms with E-state index in [0.29, 0.717) is 21.5 Å². The van der Waals surface area contributed by atoms with Crippen LogP contribution in [0.3, 0.4) is 0 Å². The maximum Gasteiger partial charge on any atom is 0.337 e. The molecule has 31 heavy (non-hydrogen) atoms. The summed E-state index contributed by atoms with van der Waals surface area (Å²) in [4.78, 5) is 41.9. The van der Waals surface area contributed by atoms with Crippen molar-refractivity contribution in [3.8, 4) is 5.69 Å². The van der Waals surface area contributed by atoms with Gasteiger partial charge in [-0.25, -0.2) is 9.36 Å². The largest absolute Gasteiger partial charge is 0.337 e. The van der Waals surface area contributed by atoms with E-state index in [4.69, 9.17) is 0 Å². The Balaban J connectivity index is 1.78. The van der Waals surface area contributed by atoms with E-state index in [9.17, 15) is 14.4 Å². The zero-order valence-electron chi connectivity index (χ0n) is 17.0. The van der Waals surface area contributed by atoms with Gasteiger partial charge in [0.2, 0.25) is 0 Å². The topological polar surface area (TPSA) is 61.1 Å². The molecule has 6 heteroatoms. The average molecular weight is 431 g/mol. The van der Waals surface area contributed by atoms with Gasteiger partial charge in [-0.3, -0.25) is 14.2 Å². The standard InChI is InChI=1S/C25H22N2O3S/c28-20(17-10-4-1-5-11-17)16-26-24-22(19-14-8-3-9-15-21(19)31-24)23(29)27(25(26)30)18-12-6-2-7-13-18/h1-2,4-7,10-13H,3,8-9,14-16H2. The van der Waals surface area contributed by atoms with Crippen LogP contribution in [0.1, 0.15) is 40.1 Å². The molecule has 0 fully saturated rings. The van der Waals surface area contributed by atoms with Crippen LogP contribution in [0.25, 0.3) is 15.9 Å². The number of carbonyl (C=O) groups is 1. The highest BCUT2D eigenvalue weighted by Crippen LogP contribution is 2.33. The van der Waals surface area contributed by atoms with E-state index < -0.39 is 5.69 Å². The number of hydrogen-bond donors (Lipinski definition) is 0. The van der Waals surface area contributed by atoms with Gasteiger partial charge in [0.05, 0.1) is 17.6 Å². The highest BCUT2D eigenvalue weighted by molar-refractivity contribution is 7.18. The average Bonchev–Trinajstić information content (AvgIpc) is 3.00. The molecule has 1 aliphatic rings. The minimum atomic E-state index is -0.468. The summed E-state index contributed by atoms with van der Waals surface area (Å²) in [7, 11) is 0. The first-order chi connectivity index (χ1) is 15.1. The van der Waals surface area contributed by atoms with Crippen LogP contribution in [0.2, 0.25) is 0 Å². The number of nitrogens with zero attached hydrogens (tertiary/aromatic N) is 2. The van der Waals surface area contributed by atoms with Crippen LogP contribution < -0.4 is 11.2 Å². The molecule has 0 spiro atoms. The summed E-state index contributed by atoms with van der Waals surface area (Å²) in [6.45, 7) is -0.0914. The third kappa shape index (κ3) is 3.47. The molecule has 0 saturated carbocycles. The fraction of sp³-hybridized carbons (Fsp3) is 0.240. The summed E-state index contributed by atoms with van der Waals surface area (Å²) < 4.78 is 2.72. The van der Waals surface area contributed by atoms with Crippen LogP contribution in [-0.2, 0) is 19.4 Å². The molecule has 0 amide bonds. The van der Waals surface area contributed by atoms with Gasteiger partial charge in [-0.1, -0.05) is 55.0 Å². The number of hydrogen-bond acceptors (Lipinski definition) is 4. The Morgan fingerprint density at radius 2 is 1.55 bits per heavy atom. The number of benzene rings is 2. The summed E-state index contributed by atoms with van der Waals surface area (Å²) in [6.07, 6.45) is 5.01. The Labute approximate surface area is 183 Å². The third-order valence-corrected chi connectivity index (χ3v) is 7.21. The van der Waals surface area contributed by atoms with Crippen molar-refractivity contribution in [1.82, 2.24) is 9.13 Å². The molecule has 0 N–H and O–H groups in total. The zero-order chi connectivity index (χ0) is 21.4. The van der Waals surface area contributed by atoms with Gasteiger partial charge in [0.15, 0.2) is 5.78 Å². The van der Waals surface area contributed by atoms with Crippen molar-refractivity contribution in [2.45, 2.75) is 38.6 Å². The molecular weight excluding hydrogens is 408 g/mol. The molecule has 0 radical (unpaired) electrons. The van der Waals surface area contributed by atoms with Crippen molar-refractivity contribution in [3.05, 3.63) is 97.5 Å². The second-order valence-corrected chi connectivity index (χ2v) is 8.96. The molecule has 0 bridgehead atoms. The minimum absolute atomic E-state index is 0.0914. The Morgan fingerprint density at radius 3 is 2.29 bits per heavy atom. The predicted molar refractivity (Wildman–Crippen MR) is 124 cm³/mol. The van der Waals surface area contributed by atoms with Gasteiger partial charge in [0, 0.05) is 10.4 Å². The summed E-state index contributed by atoms with van der Waals surface area (Å²) in [6, 6.07) is 17.9. The van der Waals surface area contributed by atoms with Crippen molar-refractivity contribution in [2.24, 2.45) is 0 Å². The number of carbonyl (C=O) groups excluding carboxylic acids is 1. The lowest BCUT2D eigenvalue weighted by Crippen LogP contribution is -2.39. The number of para-hydroxylation sites is 1. The van der Waals surface area contributed by atoms with E-state index in [0.717, 1.165) is 37.7 Å². The SMILES string of the molecule is O=C(Cn1c(=O)n(-c2ccccc2)c(=O)c2c3c(sc21)CCCCC3)c1ccccc1. The Morgan fingerprint density at radius 1 is 0.871 bits per heavy atom. The van der Waals surface area contributed by atoms with E-state index in [1.807, 2.05) is 24.3 Å². The molecule has 156 valence electrons. The molecule has 0 aliphatic heterocycles. The first kappa shape index (κ1) is 19.7. The van der Waals surface area contributed by atoms with Crippen LogP contribution >= 0.6 is 11.3 Å². The molecule has 2 aromatic carbocycles. The van der Waals surface area contributed by atoms with Gasteiger partial charge >= 0.3 is 5.69 Å². The molecule has 5 rings (SSSR count). The van der Waals surface area contributed by atoms with E-state index in [2.05, 4.69) is 0 Å². The number of ketones is 1. The van der Waals surface area contributed by atoms with E-state index in [1.54, 1.807) is 36.4 Å². The van der Waals surface area contributed by atoms with Gasteiger partial charge in [0.25, 0.3) is 5.56 Å². The molecular formula is C25H22N2O3S. The monoisotopic (exact) mass is 430 g/mol. The molecule has 1 aliphatic carbocycles. The van der Waals surface area contributed by atoms with E-state index in [1.165, 1.54) is 25.3 Å². The molecule has 4 aromatic rings. The Hall–Kier alpha value is -3.25. The summed E-state index contributed by atoms with van der Waals surface area (Å²) in [5, 5.41) is 0.603. The highest BCUT2D eigenvalue weighted by Gasteiger charge is 2.24. The summed E-state index contributed by atoms with van der Waals surface area (Å²) >= 11 is 1.51. The van der Waals surface area contributed by atoms with Gasteiger partial charge in [-0.15, -0.1) is 11.3 Å². The van der Waals surface area contributed by atoms with Crippen LogP contribution in [-0.4, -0.2) is 14.9 Å². The van der Waals surface area contributed by atoms with Gasteiger partial charge < -0.3 is 0 Å². The number of thiophene rings is 1. The van der Waals surface area contributed by atoms with Crippen molar-refractivity contribution >= 4 is 27.3 Å². The van der Waals surface area contributed by atoms with E-state index in [-0.39, 0.29) is 17.9 Å². The lowest BCUT2D eigenvalue weighted by molar-refractivity contribution is 0.0971. The van der Waals surface area contributed by atoms with Crippen LogP contribution in [0.15, 0.2) is 70.3 Å². The smallest absolute Gasteiger partial charge is 0.292 e. The first-order valence-electron chi connectivity index (χ1n) is 10.6. The minimum Gasteiger partial charge on any atom is -0.292 e. The van der Waals surface area contributed by atoms with E-state index >= 15 is 0 Å². The molecule has 0 saturated heterocycles. The van der Waals surface area contributed by atoms with Crippen molar-refractivity contribution in [3.63, 3.8) is 0 Å². The Kier molecular flexibility index (Phi) is 5.16. The molecule has 5 nitrogen and oxygen atoms in total. The van der Waals surface area contributed by atoms with Crippen molar-refractivity contribution < 1.29 is 4.79 Å². The number of aromatic nitrogens is 2. The Bertz CT molecular complexity index is 1380. The first-order valence-corrected chi connectivity index (χ1v) is 11.4. The summed E-state index contributed by atoms with van der Waals surface area (Å²) in [5.74, 6) is -0.147. The van der Waals surface area contributed by atoms with Gasteiger partial charge in [-0.05, 0) is 43.4 Å². The molecule has 2 aromatic heterocycles. The number of rotatable bonds is 4. The van der Waals surface area contributed by atoms with Gasteiger partial charge in [-0.2, -0.15) is 0 Å². The lowest BCUT2D eigenvalue weighted by Gasteiger charge is -2.12. The van der Waals surface area contributed by atoms with Crippen LogP contribution in [0, 0.1) is 0 Å². The highest BCUT2D eigenvalue weighted by atomic mass is 32.1. The predicted octanol–water partition coefficient (Wildman–Crippen LogP) is 4.37. The van der Waals surface area contributed by atoms with Crippen LogP contribution in [0.5, 0.6) is 0 Å². The van der Waals surface area contributed by atoms with Crippen molar-refractivity contribution in [1.29, 1.82) is 0 Å². The number of aryl methyl sites for hydroxylation is 2. The molecule has 0 atom stereocenters. The lowest BCUT2D eigenvalue weighted by atomic mass is 10.1. The number of fused-ring (bicyclic) bond motifs is 3. The third-order valence-electron chi connectivity index (χ3n) is 5.90. The van der Waals surface area contributed by atoms with Gasteiger partial charge in [0.1, 0.15) is 4.83 Å². The second-order valence-electron chi connectivity index (χ2n) is 7.88. The van der Waals surface area contributed by atoms with Crippen molar-refractivity contribution in [2.75, 3.05) is 0 Å². The quantitative estimate of drug-likeness (QED) is 0.357. The molecule has 2 heterocycles. The zero-order valence-corrected chi connectivity index (χ0v) is 17.9. The normalized spacial score (nSPS) is 13.7. The van der Waals surface area contributed by atoms with Crippen LogP contribution in [0.4, 0.5) is 0 Å². The molecule has 0 unspecified atom stereocenters. The second kappa shape index (κ2) is 8.12. The maximum absolute atomic E-state index is 13.6. The maximum atomic E-state index is 13.6.